The number of aromatic nitrogens is 1. The van der Waals surface area contributed by atoms with Gasteiger partial charge in [0.2, 0.25) is 0 Å². The Hall–Kier alpha value is -4.78. The van der Waals surface area contributed by atoms with Crippen LogP contribution in [-0.2, 0) is 6.54 Å². The normalized spacial score (nSPS) is 15.4. The molecule has 8 heteroatoms. The molecule has 0 spiro atoms. The molecular formula is C41H35Cl2N3O3. The van der Waals surface area contributed by atoms with Gasteiger partial charge in [-0.3, -0.25) is 9.79 Å². The molecule has 1 amide bonds. The van der Waals surface area contributed by atoms with Crippen LogP contribution in [0.1, 0.15) is 36.0 Å². The van der Waals surface area contributed by atoms with E-state index in [2.05, 4.69) is 70.2 Å². The maximum atomic E-state index is 13.2. The molecule has 0 unspecified atom stereocenters. The standard InChI is InChI=1S/C41H35Cl2N3O3/c1-48-39-23-35-36(44-25-32-5-4-19-45(32)41(35)47)24-40(39)49-20-3-2-18-46-37-16-10-28(26-6-12-30(42)13-7-26)21-33(37)34-22-29(11-17-38(34)46)27-8-14-31(43)15-9-27/h6-17,21-25,32H,2-5,18-20H2,1H3/t32-/m0/s1. The van der Waals surface area contributed by atoms with Crippen molar-refractivity contribution in [2.75, 3.05) is 20.3 Å². The summed E-state index contributed by atoms with van der Waals surface area (Å²) >= 11 is 12.4. The minimum Gasteiger partial charge on any atom is -0.493 e. The number of benzene rings is 5. The molecule has 0 N–H and O–H groups in total. The summed E-state index contributed by atoms with van der Waals surface area (Å²) < 4.78 is 14.3. The van der Waals surface area contributed by atoms with Crippen LogP contribution < -0.4 is 9.47 Å². The molecule has 3 heterocycles. The third-order valence-corrected chi connectivity index (χ3v) is 10.2. The van der Waals surface area contributed by atoms with Crippen molar-refractivity contribution in [3.63, 3.8) is 0 Å². The quantitative estimate of drug-likeness (QED) is 0.142. The number of aliphatic imine (C=N–C) groups is 1. The Labute approximate surface area is 295 Å². The minimum atomic E-state index is 0.00611. The zero-order chi connectivity index (χ0) is 33.5. The highest BCUT2D eigenvalue weighted by Gasteiger charge is 2.32. The van der Waals surface area contributed by atoms with E-state index >= 15 is 0 Å². The third-order valence-electron chi connectivity index (χ3n) is 9.71. The van der Waals surface area contributed by atoms with Gasteiger partial charge in [0.1, 0.15) is 0 Å². The van der Waals surface area contributed by atoms with E-state index in [1.54, 1.807) is 13.2 Å². The topological polar surface area (TPSA) is 56.1 Å². The first kappa shape index (κ1) is 31.5. The Morgan fingerprint density at radius 3 is 1.98 bits per heavy atom. The molecule has 6 nitrogen and oxygen atoms in total. The summed E-state index contributed by atoms with van der Waals surface area (Å²) in [6, 6.07) is 33.1. The number of carbonyl (C=O) groups excluding carboxylic acids is 1. The highest BCUT2D eigenvalue weighted by atomic mass is 35.5. The van der Waals surface area contributed by atoms with Crippen LogP contribution in [0.25, 0.3) is 44.1 Å². The monoisotopic (exact) mass is 687 g/mol. The number of nitrogens with zero attached hydrogens (tertiary/aromatic N) is 3. The molecule has 6 aromatic rings. The average molecular weight is 689 g/mol. The van der Waals surface area contributed by atoms with E-state index in [1.165, 1.54) is 21.8 Å². The summed E-state index contributed by atoms with van der Waals surface area (Å²) in [6.07, 6.45) is 5.60. The molecule has 8 rings (SSSR count). The molecule has 0 bridgehead atoms. The summed E-state index contributed by atoms with van der Waals surface area (Å²) in [5.41, 5.74) is 8.13. The van der Waals surface area contributed by atoms with Crippen LogP contribution in [0.4, 0.5) is 5.69 Å². The molecule has 246 valence electrons. The van der Waals surface area contributed by atoms with Crippen molar-refractivity contribution in [1.82, 2.24) is 9.47 Å². The SMILES string of the molecule is COc1cc2c(cc1OCCCCn1c3ccc(-c4ccc(Cl)cc4)cc3c3cc(-c4ccc(Cl)cc4)ccc31)N=C[C@@H]1CCCN1C2=O. The predicted octanol–water partition coefficient (Wildman–Crippen LogP) is 10.6. The summed E-state index contributed by atoms with van der Waals surface area (Å²) in [5.74, 6) is 1.16. The lowest BCUT2D eigenvalue weighted by molar-refractivity contribution is 0.0774. The number of fused-ring (bicyclic) bond motifs is 5. The number of hydrogen-bond donors (Lipinski definition) is 0. The first-order chi connectivity index (χ1) is 24.0. The molecule has 1 aromatic heterocycles. The first-order valence-electron chi connectivity index (χ1n) is 16.7. The molecule has 1 atom stereocenters. The van der Waals surface area contributed by atoms with Gasteiger partial charge in [-0.25, -0.2) is 0 Å². The maximum Gasteiger partial charge on any atom is 0.256 e. The maximum absolute atomic E-state index is 13.2. The second kappa shape index (κ2) is 13.3. The Kier molecular flexibility index (Phi) is 8.52. The van der Waals surface area contributed by atoms with Crippen LogP contribution in [0.15, 0.2) is 102 Å². The van der Waals surface area contributed by atoms with Gasteiger partial charge in [-0.15, -0.1) is 0 Å². The smallest absolute Gasteiger partial charge is 0.256 e. The lowest BCUT2D eigenvalue weighted by atomic mass is 10.0. The number of amides is 1. The molecule has 1 fully saturated rings. The van der Waals surface area contributed by atoms with Crippen molar-refractivity contribution in [1.29, 1.82) is 0 Å². The average Bonchev–Trinajstić information content (AvgIpc) is 3.69. The summed E-state index contributed by atoms with van der Waals surface area (Å²) in [4.78, 5) is 19.8. The highest BCUT2D eigenvalue weighted by molar-refractivity contribution is 6.31. The molecule has 2 aliphatic heterocycles. The van der Waals surface area contributed by atoms with Crippen LogP contribution in [0.3, 0.4) is 0 Å². The van der Waals surface area contributed by atoms with Crippen LogP contribution in [0.2, 0.25) is 10.0 Å². The molecule has 49 heavy (non-hydrogen) atoms. The Bertz CT molecular complexity index is 2120. The van der Waals surface area contributed by atoms with E-state index in [0.717, 1.165) is 71.1 Å². The lowest BCUT2D eigenvalue weighted by Gasteiger charge is -2.20. The zero-order valence-electron chi connectivity index (χ0n) is 27.2. The molecule has 0 saturated carbocycles. The fraction of sp³-hybridized carbons (Fsp3) is 0.220. The van der Waals surface area contributed by atoms with Gasteiger partial charge in [-0.2, -0.15) is 0 Å². The van der Waals surface area contributed by atoms with Crippen LogP contribution in [0.5, 0.6) is 11.5 Å². The lowest BCUT2D eigenvalue weighted by Crippen LogP contribution is -2.35. The van der Waals surface area contributed by atoms with Crippen molar-refractivity contribution in [2.45, 2.75) is 38.3 Å². The van der Waals surface area contributed by atoms with Crippen molar-refractivity contribution in [2.24, 2.45) is 4.99 Å². The number of unbranched alkanes of at least 4 members (excludes halogenated alkanes) is 1. The Balaban J connectivity index is 1.04. The molecule has 2 aliphatic rings. The van der Waals surface area contributed by atoms with E-state index in [1.807, 2.05) is 41.4 Å². The second-order valence-electron chi connectivity index (χ2n) is 12.7. The summed E-state index contributed by atoms with van der Waals surface area (Å²) in [7, 11) is 1.61. The number of ether oxygens (including phenoxy) is 2. The molecule has 0 radical (unpaired) electrons. The van der Waals surface area contributed by atoms with Crippen molar-refractivity contribution >= 4 is 62.8 Å². The molecule has 0 aliphatic carbocycles. The zero-order valence-corrected chi connectivity index (χ0v) is 28.7. The van der Waals surface area contributed by atoms with Crippen molar-refractivity contribution < 1.29 is 14.3 Å². The highest BCUT2D eigenvalue weighted by Crippen LogP contribution is 2.39. The van der Waals surface area contributed by atoms with E-state index < -0.39 is 0 Å². The minimum absolute atomic E-state index is 0.00611. The molecular weight excluding hydrogens is 653 g/mol. The summed E-state index contributed by atoms with van der Waals surface area (Å²) in [5, 5.41) is 3.87. The number of halogens is 2. The van der Waals surface area contributed by atoms with Gasteiger partial charge in [-0.05, 0) is 103 Å². The third kappa shape index (κ3) is 6.04. The number of rotatable bonds is 9. The van der Waals surface area contributed by atoms with Crippen LogP contribution in [0, 0.1) is 0 Å². The number of aryl methyl sites for hydroxylation is 1. The Morgan fingerprint density at radius 2 is 1.37 bits per heavy atom. The first-order valence-corrected chi connectivity index (χ1v) is 17.5. The van der Waals surface area contributed by atoms with Gasteiger partial charge < -0.3 is 18.9 Å². The van der Waals surface area contributed by atoms with Gasteiger partial charge >= 0.3 is 0 Å². The van der Waals surface area contributed by atoms with Gasteiger partial charge in [0.05, 0.1) is 31.0 Å². The van der Waals surface area contributed by atoms with Gasteiger partial charge in [0, 0.05) is 57.2 Å². The van der Waals surface area contributed by atoms with E-state index in [0.29, 0.717) is 29.4 Å². The van der Waals surface area contributed by atoms with E-state index in [4.69, 9.17) is 32.7 Å². The number of hydrogen-bond acceptors (Lipinski definition) is 4. The van der Waals surface area contributed by atoms with Crippen LogP contribution >= 0.6 is 23.2 Å². The van der Waals surface area contributed by atoms with Crippen molar-refractivity contribution in [3.8, 4) is 33.8 Å². The van der Waals surface area contributed by atoms with Crippen molar-refractivity contribution in [3.05, 3.63) is 113 Å². The number of carbonyl (C=O) groups is 1. The van der Waals surface area contributed by atoms with Gasteiger partial charge in [-0.1, -0.05) is 59.6 Å². The largest absolute Gasteiger partial charge is 0.493 e. The van der Waals surface area contributed by atoms with E-state index in [9.17, 15) is 4.79 Å². The van der Waals surface area contributed by atoms with Gasteiger partial charge in [0.25, 0.3) is 5.91 Å². The fourth-order valence-electron chi connectivity index (χ4n) is 7.16. The van der Waals surface area contributed by atoms with E-state index in [-0.39, 0.29) is 11.9 Å². The molecule has 5 aromatic carbocycles. The number of methoxy groups -OCH3 is 1. The summed E-state index contributed by atoms with van der Waals surface area (Å²) in [6.45, 7) is 2.11. The predicted molar refractivity (Wildman–Crippen MR) is 200 cm³/mol. The van der Waals surface area contributed by atoms with Crippen LogP contribution in [-0.4, -0.2) is 47.9 Å². The fourth-order valence-corrected chi connectivity index (χ4v) is 7.42. The van der Waals surface area contributed by atoms with Gasteiger partial charge in [0.15, 0.2) is 11.5 Å². The second-order valence-corrected chi connectivity index (χ2v) is 13.6. The molecule has 1 saturated heterocycles. The Morgan fingerprint density at radius 1 is 0.755 bits per heavy atom.